The molecule has 1 aromatic carbocycles. The molecule has 3 heteroatoms. The van der Waals surface area contributed by atoms with Crippen LogP contribution in [0.1, 0.15) is 31.4 Å². The van der Waals surface area contributed by atoms with Crippen molar-refractivity contribution in [3.05, 3.63) is 42.2 Å². The molecular weight excluding hydrogens is 248 g/mol. The number of pyridine rings is 1. The first kappa shape index (κ1) is 13.5. The molecule has 1 aliphatic heterocycles. The van der Waals surface area contributed by atoms with Crippen molar-refractivity contribution in [2.75, 3.05) is 19.8 Å². The first-order chi connectivity index (χ1) is 9.90. The van der Waals surface area contributed by atoms with E-state index in [9.17, 15) is 0 Å². The van der Waals surface area contributed by atoms with Gasteiger partial charge >= 0.3 is 0 Å². The molecule has 1 aliphatic rings. The second-order valence-electron chi connectivity index (χ2n) is 5.50. The van der Waals surface area contributed by atoms with Crippen molar-refractivity contribution in [2.45, 2.75) is 25.8 Å². The Morgan fingerprint density at radius 1 is 1.40 bits per heavy atom. The molecule has 2 unspecified atom stereocenters. The number of aromatic nitrogens is 1. The van der Waals surface area contributed by atoms with Crippen LogP contribution in [0.5, 0.6) is 0 Å². The highest BCUT2D eigenvalue weighted by molar-refractivity contribution is 5.85. The van der Waals surface area contributed by atoms with E-state index in [0.29, 0.717) is 12.0 Å². The Bertz CT molecular complexity index is 558. The van der Waals surface area contributed by atoms with Gasteiger partial charge in [-0.15, -0.1) is 0 Å². The molecule has 0 amide bonds. The summed E-state index contributed by atoms with van der Waals surface area (Å²) < 4.78 is 5.60. The molecule has 0 spiro atoms. The van der Waals surface area contributed by atoms with Crippen LogP contribution >= 0.6 is 0 Å². The highest BCUT2D eigenvalue weighted by Crippen LogP contribution is 2.32. The van der Waals surface area contributed by atoms with E-state index in [0.717, 1.165) is 32.6 Å². The van der Waals surface area contributed by atoms with Crippen LogP contribution in [-0.4, -0.2) is 24.7 Å². The molecule has 1 aromatic heterocycles. The van der Waals surface area contributed by atoms with Gasteiger partial charge in [0, 0.05) is 36.3 Å². The van der Waals surface area contributed by atoms with E-state index in [1.807, 2.05) is 12.4 Å². The van der Waals surface area contributed by atoms with Crippen molar-refractivity contribution >= 4 is 10.8 Å². The second-order valence-corrected chi connectivity index (χ2v) is 5.50. The molecule has 1 N–H and O–H groups in total. The van der Waals surface area contributed by atoms with Crippen LogP contribution in [0.25, 0.3) is 10.8 Å². The summed E-state index contributed by atoms with van der Waals surface area (Å²) in [5.74, 6) is 0.562. The lowest BCUT2D eigenvalue weighted by molar-refractivity contribution is 0.177. The molecule has 20 heavy (non-hydrogen) atoms. The zero-order chi connectivity index (χ0) is 13.8. The van der Waals surface area contributed by atoms with Gasteiger partial charge in [-0.3, -0.25) is 4.98 Å². The SMILES string of the molecule is CCCNC(c1cccc2ccncc12)C1CCOC1. The lowest BCUT2D eigenvalue weighted by Crippen LogP contribution is -2.29. The van der Waals surface area contributed by atoms with Gasteiger partial charge < -0.3 is 10.1 Å². The van der Waals surface area contributed by atoms with Crippen molar-refractivity contribution in [3.8, 4) is 0 Å². The number of nitrogens with zero attached hydrogens (tertiary/aromatic N) is 1. The Kier molecular flexibility index (Phi) is 4.28. The van der Waals surface area contributed by atoms with E-state index in [1.54, 1.807) is 0 Å². The van der Waals surface area contributed by atoms with Crippen LogP contribution in [0.15, 0.2) is 36.7 Å². The molecule has 3 rings (SSSR count). The Morgan fingerprint density at radius 2 is 2.35 bits per heavy atom. The van der Waals surface area contributed by atoms with Gasteiger partial charge in [-0.05, 0) is 36.4 Å². The molecule has 0 radical (unpaired) electrons. The first-order valence-electron chi connectivity index (χ1n) is 7.54. The van der Waals surface area contributed by atoms with E-state index >= 15 is 0 Å². The van der Waals surface area contributed by atoms with Gasteiger partial charge in [0.2, 0.25) is 0 Å². The minimum absolute atomic E-state index is 0.366. The van der Waals surface area contributed by atoms with Crippen molar-refractivity contribution in [1.29, 1.82) is 0 Å². The zero-order valence-corrected chi connectivity index (χ0v) is 12.0. The molecule has 2 atom stereocenters. The molecule has 0 bridgehead atoms. The standard InChI is InChI=1S/C17H22N2O/c1-2-8-19-17(14-7-10-20-12-14)15-5-3-4-13-6-9-18-11-16(13)15/h3-6,9,11,14,17,19H,2,7-8,10,12H2,1H3. The number of ether oxygens (including phenoxy) is 1. The van der Waals surface area contributed by atoms with Crippen LogP contribution in [0.3, 0.4) is 0 Å². The van der Waals surface area contributed by atoms with Crippen LogP contribution in [0.2, 0.25) is 0 Å². The predicted octanol–water partition coefficient (Wildman–Crippen LogP) is 3.31. The molecule has 1 fully saturated rings. The van der Waals surface area contributed by atoms with E-state index in [1.165, 1.54) is 16.3 Å². The van der Waals surface area contributed by atoms with E-state index < -0.39 is 0 Å². The first-order valence-corrected chi connectivity index (χ1v) is 7.54. The van der Waals surface area contributed by atoms with Crippen molar-refractivity contribution in [2.24, 2.45) is 5.92 Å². The molecule has 106 valence electrons. The van der Waals surface area contributed by atoms with Gasteiger partial charge in [0.15, 0.2) is 0 Å². The molecule has 0 aliphatic carbocycles. The summed E-state index contributed by atoms with van der Waals surface area (Å²) in [7, 11) is 0. The number of benzene rings is 1. The maximum Gasteiger partial charge on any atom is 0.0513 e. The maximum absolute atomic E-state index is 5.60. The zero-order valence-electron chi connectivity index (χ0n) is 12.0. The third kappa shape index (κ3) is 2.69. The molecule has 1 saturated heterocycles. The van der Waals surface area contributed by atoms with Gasteiger partial charge in [0.1, 0.15) is 0 Å². The van der Waals surface area contributed by atoms with Crippen molar-refractivity contribution in [1.82, 2.24) is 10.3 Å². The average Bonchev–Trinajstić information content (AvgIpc) is 3.02. The minimum atomic E-state index is 0.366. The number of hydrogen-bond donors (Lipinski definition) is 1. The topological polar surface area (TPSA) is 34.2 Å². The second kappa shape index (κ2) is 6.33. The molecular formula is C17H22N2O. The van der Waals surface area contributed by atoms with Crippen LogP contribution in [-0.2, 0) is 4.74 Å². The third-order valence-corrected chi connectivity index (χ3v) is 4.10. The summed E-state index contributed by atoms with van der Waals surface area (Å²) in [6, 6.07) is 8.98. The molecule has 0 saturated carbocycles. The summed E-state index contributed by atoms with van der Waals surface area (Å²) in [5.41, 5.74) is 1.36. The normalized spacial score (nSPS) is 20.4. The van der Waals surface area contributed by atoms with Gasteiger partial charge in [-0.25, -0.2) is 0 Å². The van der Waals surface area contributed by atoms with Gasteiger partial charge in [-0.2, -0.15) is 0 Å². The number of nitrogens with one attached hydrogen (secondary N) is 1. The number of hydrogen-bond acceptors (Lipinski definition) is 3. The van der Waals surface area contributed by atoms with Crippen LogP contribution in [0.4, 0.5) is 0 Å². The average molecular weight is 270 g/mol. The van der Waals surface area contributed by atoms with E-state index in [-0.39, 0.29) is 0 Å². The lowest BCUT2D eigenvalue weighted by atomic mass is 9.89. The van der Waals surface area contributed by atoms with E-state index in [2.05, 4.69) is 41.5 Å². The van der Waals surface area contributed by atoms with E-state index in [4.69, 9.17) is 4.74 Å². The summed E-state index contributed by atoms with van der Waals surface area (Å²) in [4.78, 5) is 4.30. The van der Waals surface area contributed by atoms with Crippen LogP contribution in [0, 0.1) is 5.92 Å². The van der Waals surface area contributed by atoms with Crippen molar-refractivity contribution in [3.63, 3.8) is 0 Å². The van der Waals surface area contributed by atoms with Crippen molar-refractivity contribution < 1.29 is 4.74 Å². The highest BCUT2D eigenvalue weighted by atomic mass is 16.5. The van der Waals surface area contributed by atoms with Gasteiger partial charge in [0.25, 0.3) is 0 Å². The largest absolute Gasteiger partial charge is 0.381 e. The summed E-state index contributed by atoms with van der Waals surface area (Å²) in [6.45, 7) is 4.99. The monoisotopic (exact) mass is 270 g/mol. The molecule has 2 aromatic rings. The summed E-state index contributed by atoms with van der Waals surface area (Å²) in [5, 5.41) is 6.24. The fourth-order valence-electron chi connectivity index (χ4n) is 3.05. The highest BCUT2D eigenvalue weighted by Gasteiger charge is 2.27. The summed E-state index contributed by atoms with van der Waals surface area (Å²) >= 11 is 0. The van der Waals surface area contributed by atoms with Gasteiger partial charge in [-0.1, -0.05) is 25.1 Å². The van der Waals surface area contributed by atoms with Gasteiger partial charge in [0.05, 0.1) is 6.61 Å². The minimum Gasteiger partial charge on any atom is -0.381 e. The smallest absolute Gasteiger partial charge is 0.0513 e. The molecule has 3 nitrogen and oxygen atoms in total. The maximum atomic E-state index is 5.60. The quantitative estimate of drug-likeness (QED) is 0.905. The number of fused-ring (bicyclic) bond motifs is 1. The Morgan fingerprint density at radius 3 is 3.15 bits per heavy atom. The number of rotatable bonds is 5. The fraction of sp³-hybridized carbons (Fsp3) is 0.471. The Labute approximate surface area is 120 Å². The molecule has 2 heterocycles. The Hall–Kier alpha value is -1.45. The third-order valence-electron chi connectivity index (χ3n) is 4.10. The lowest BCUT2D eigenvalue weighted by Gasteiger charge is -2.25. The van der Waals surface area contributed by atoms with Crippen LogP contribution < -0.4 is 5.32 Å². The predicted molar refractivity (Wildman–Crippen MR) is 81.7 cm³/mol. The fourth-order valence-corrected chi connectivity index (χ4v) is 3.05. The Balaban J connectivity index is 1.99. The summed E-state index contributed by atoms with van der Waals surface area (Å²) in [6.07, 6.45) is 6.13.